The monoisotopic (exact) mass is 568 g/mol. The van der Waals surface area contributed by atoms with Crippen LogP contribution >= 0.6 is 23.2 Å². The number of benzene rings is 2. The Bertz CT molecular complexity index is 1330. The zero-order chi connectivity index (χ0) is 27.4. The Morgan fingerprint density at radius 3 is 2.51 bits per heavy atom. The fraction of sp³-hybridized carbons (Fsp3) is 0.433. The highest BCUT2D eigenvalue weighted by Gasteiger charge is 2.40. The van der Waals surface area contributed by atoms with Crippen molar-refractivity contribution in [2.45, 2.75) is 52.1 Å². The second-order valence-corrected chi connectivity index (χ2v) is 11.5. The maximum atomic E-state index is 13.6. The minimum Gasteiger partial charge on any atom is -0.493 e. The van der Waals surface area contributed by atoms with Gasteiger partial charge in [0, 0.05) is 55.8 Å². The molecule has 2 aromatic carbocycles. The van der Waals surface area contributed by atoms with Crippen molar-refractivity contribution in [1.82, 2.24) is 19.6 Å². The third kappa shape index (κ3) is 6.42. The number of carbonyl (C=O) groups is 2. The molecule has 1 aromatic heterocycles. The van der Waals surface area contributed by atoms with E-state index >= 15 is 0 Å². The van der Waals surface area contributed by atoms with Crippen molar-refractivity contribution in [3.63, 3.8) is 0 Å². The van der Waals surface area contributed by atoms with Crippen LogP contribution in [-0.2, 0) is 24.3 Å². The number of carbonyl (C=O) groups excluding carboxylic acids is 2. The molecule has 3 aromatic rings. The van der Waals surface area contributed by atoms with Crippen molar-refractivity contribution >= 4 is 35.0 Å². The highest BCUT2D eigenvalue weighted by atomic mass is 35.5. The van der Waals surface area contributed by atoms with E-state index in [1.165, 1.54) is 11.1 Å². The van der Waals surface area contributed by atoms with Crippen LogP contribution in [0, 0.1) is 5.41 Å². The predicted octanol–water partition coefficient (Wildman–Crippen LogP) is 5.88. The fourth-order valence-corrected chi connectivity index (χ4v) is 5.94. The van der Waals surface area contributed by atoms with Crippen LogP contribution < -0.4 is 4.74 Å². The van der Waals surface area contributed by atoms with Crippen molar-refractivity contribution in [1.29, 1.82) is 0 Å². The number of aromatic nitrogens is 2. The molecule has 0 saturated carbocycles. The van der Waals surface area contributed by atoms with E-state index in [1.54, 1.807) is 27.9 Å². The Balaban J connectivity index is 1.29. The molecule has 0 radical (unpaired) electrons. The third-order valence-corrected chi connectivity index (χ3v) is 8.35. The van der Waals surface area contributed by atoms with Gasteiger partial charge in [-0.05, 0) is 55.0 Å². The number of fused-ring (bicyclic) bond motifs is 1. The second kappa shape index (κ2) is 12.0. The summed E-state index contributed by atoms with van der Waals surface area (Å²) in [5.74, 6) is 0.631. The van der Waals surface area contributed by atoms with E-state index < -0.39 is 5.41 Å². The van der Waals surface area contributed by atoms with Crippen molar-refractivity contribution in [3.05, 3.63) is 81.6 Å². The Hall–Kier alpha value is -3.03. The molecule has 3 heterocycles. The standard InChI is InChI=1S/C30H34Cl2N4O3/c1-2-13-36-20-26(32)28(33-36)29(38)34-15-11-30(12-16-34,21-39-25-9-5-8-24(31)17-25)18-27(37)35-14-10-22-6-3-4-7-23(22)19-35/h3-9,17,20H,2,10-16,18-19,21H2,1H3. The second-order valence-electron chi connectivity index (χ2n) is 10.6. The highest BCUT2D eigenvalue weighted by molar-refractivity contribution is 6.33. The molecule has 5 rings (SSSR count). The first-order valence-electron chi connectivity index (χ1n) is 13.6. The van der Waals surface area contributed by atoms with Crippen LogP contribution in [-0.4, -0.2) is 57.6 Å². The van der Waals surface area contributed by atoms with Gasteiger partial charge in [-0.3, -0.25) is 14.3 Å². The molecule has 0 spiro atoms. The van der Waals surface area contributed by atoms with Crippen molar-refractivity contribution in [2.24, 2.45) is 5.41 Å². The first-order chi connectivity index (χ1) is 18.9. The SMILES string of the molecule is CCCn1cc(Cl)c(C(=O)N2CCC(COc3cccc(Cl)c3)(CC(=O)N3CCc4ccccc4C3)CC2)n1. The molecule has 2 aliphatic rings. The van der Waals surface area contributed by atoms with Gasteiger partial charge < -0.3 is 14.5 Å². The van der Waals surface area contributed by atoms with Gasteiger partial charge in [-0.15, -0.1) is 0 Å². The van der Waals surface area contributed by atoms with Crippen LogP contribution in [0.4, 0.5) is 0 Å². The lowest BCUT2D eigenvalue weighted by molar-refractivity contribution is -0.136. The quantitative estimate of drug-likeness (QED) is 0.340. The lowest BCUT2D eigenvalue weighted by Crippen LogP contribution is -2.48. The number of amides is 2. The largest absolute Gasteiger partial charge is 0.493 e. The average molecular weight is 570 g/mol. The summed E-state index contributed by atoms with van der Waals surface area (Å²) < 4.78 is 7.93. The van der Waals surface area contributed by atoms with E-state index in [4.69, 9.17) is 27.9 Å². The first kappa shape index (κ1) is 27.5. The number of rotatable bonds is 8. The third-order valence-electron chi connectivity index (χ3n) is 7.83. The van der Waals surface area contributed by atoms with Gasteiger partial charge in [0.25, 0.3) is 5.91 Å². The minimum atomic E-state index is -0.404. The molecule has 0 aliphatic carbocycles. The number of nitrogens with zero attached hydrogens (tertiary/aromatic N) is 4. The topological polar surface area (TPSA) is 67.7 Å². The number of halogens is 2. The minimum absolute atomic E-state index is 0.125. The van der Waals surface area contributed by atoms with Gasteiger partial charge >= 0.3 is 0 Å². The molecular formula is C30H34Cl2N4O3. The zero-order valence-corrected chi connectivity index (χ0v) is 23.8. The van der Waals surface area contributed by atoms with Crippen LogP contribution in [0.5, 0.6) is 5.75 Å². The number of aryl methyl sites for hydroxylation is 1. The summed E-state index contributed by atoms with van der Waals surface area (Å²) in [5.41, 5.74) is 2.41. The Morgan fingerprint density at radius 1 is 1.00 bits per heavy atom. The molecule has 0 unspecified atom stereocenters. The molecule has 206 valence electrons. The van der Waals surface area contributed by atoms with Gasteiger partial charge in [-0.2, -0.15) is 5.10 Å². The molecule has 39 heavy (non-hydrogen) atoms. The fourth-order valence-electron chi connectivity index (χ4n) is 5.53. The summed E-state index contributed by atoms with van der Waals surface area (Å²) >= 11 is 12.5. The number of piperidine rings is 1. The van der Waals surface area contributed by atoms with Gasteiger partial charge in [0.2, 0.25) is 5.91 Å². The summed E-state index contributed by atoms with van der Waals surface area (Å²) in [6.45, 7) is 5.48. The summed E-state index contributed by atoms with van der Waals surface area (Å²) in [7, 11) is 0. The maximum absolute atomic E-state index is 13.6. The van der Waals surface area contributed by atoms with Crippen LogP contribution in [0.3, 0.4) is 0 Å². The number of likely N-dealkylation sites (tertiary alicyclic amines) is 1. The lowest BCUT2D eigenvalue weighted by Gasteiger charge is -2.42. The predicted molar refractivity (Wildman–Crippen MR) is 152 cm³/mol. The van der Waals surface area contributed by atoms with E-state index in [-0.39, 0.29) is 17.5 Å². The van der Waals surface area contributed by atoms with E-state index in [9.17, 15) is 9.59 Å². The normalized spacial score (nSPS) is 16.6. The molecule has 9 heteroatoms. The molecule has 7 nitrogen and oxygen atoms in total. The summed E-state index contributed by atoms with van der Waals surface area (Å²) in [6.07, 6.45) is 5.12. The van der Waals surface area contributed by atoms with Crippen LogP contribution in [0.25, 0.3) is 0 Å². The Morgan fingerprint density at radius 2 is 1.77 bits per heavy atom. The van der Waals surface area contributed by atoms with Crippen molar-refractivity contribution in [3.8, 4) is 5.75 Å². The van der Waals surface area contributed by atoms with Crippen LogP contribution in [0.15, 0.2) is 54.7 Å². The Labute approximate surface area is 239 Å². The number of ether oxygens (including phenoxy) is 1. The van der Waals surface area contributed by atoms with E-state index in [1.807, 2.05) is 23.1 Å². The van der Waals surface area contributed by atoms with E-state index in [2.05, 4.69) is 30.2 Å². The van der Waals surface area contributed by atoms with E-state index in [0.717, 1.165) is 12.8 Å². The van der Waals surface area contributed by atoms with Gasteiger partial charge in [0.05, 0.1) is 11.6 Å². The molecule has 1 saturated heterocycles. The molecule has 2 aliphatic heterocycles. The highest BCUT2D eigenvalue weighted by Crippen LogP contribution is 2.38. The molecule has 1 fully saturated rings. The number of hydrogen-bond donors (Lipinski definition) is 0. The van der Waals surface area contributed by atoms with Crippen LogP contribution in [0.2, 0.25) is 10.0 Å². The molecular weight excluding hydrogens is 535 g/mol. The van der Waals surface area contributed by atoms with Gasteiger partial charge in [0.1, 0.15) is 5.75 Å². The van der Waals surface area contributed by atoms with Crippen molar-refractivity contribution < 1.29 is 14.3 Å². The summed E-state index contributed by atoms with van der Waals surface area (Å²) in [4.78, 5) is 30.7. The van der Waals surface area contributed by atoms with E-state index in [0.29, 0.717) is 74.4 Å². The maximum Gasteiger partial charge on any atom is 0.275 e. The lowest BCUT2D eigenvalue weighted by atomic mass is 9.75. The zero-order valence-electron chi connectivity index (χ0n) is 22.2. The van der Waals surface area contributed by atoms with Gasteiger partial charge in [0.15, 0.2) is 5.69 Å². The molecule has 2 amide bonds. The van der Waals surface area contributed by atoms with Crippen LogP contribution in [0.1, 0.15) is 54.2 Å². The smallest absolute Gasteiger partial charge is 0.275 e. The molecule has 0 bridgehead atoms. The van der Waals surface area contributed by atoms with Crippen molar-refractivity contribution in [2.75, 3.05) is 26.2 Å². The number of hydrogen-bond acceptors (Lipinski definition) is 4. The average Bonchev–Trinajstić information content (AvgIpc) is 3.31. The summed E-state index contributed by atoms with van der Waals surface area (Å²) in [5, 5.41) is 5.39. The molecule has 0 N–H and O–H groups in total. The van der Waals surface area contributed by atoms with Gasteiger partial charge in [-0.25, -0.2) is 0 Å². The van der Waals surface area contributed by atoms with Gasteiger partial charge in [-0.1, -0.05) is 60.5 Å². The summed E-state index contributed by atoms with van der Waals surface area (Å²) in [6, 6.07) is 15.6. The first-order valence-corrected chi connectivity index (χ1v) is 14.4. The Kier molecular flexibility index (Phi) is 8.48. The molecule has 0 atom stereocenters.